The summed E-state index contributed by atoms with van der Waals surface area (Å²) in [7, 11) is 2.80. The number of aliphatic hydroxyl groups is 3. The molecule has 2 heterocycles. The third-order valence-corrected chi connectivity index (χ3v) is 10.1. The number of esters is 2. The summed E-state index contributed by atoms with van der Waals surface area (Å²) in [5.41, 5.74) is 1.70. The second-order valence-corrected chi connectivity index (χ2v) is 14.6. The van der Waals surface area contributed by atoms with Crippen molar-refractivity contribution in [1.29, 1.82) is 0 Å². The van der Waals surface area contributed by atoms with Crippen molar-refractivity contribution in [2.45, 2.75) is 118 Å². The van der Waals surface area contributed by atoms with Crippen molar-refractivity contribution in [3.05, 3.63) is 59.4 Å². The van der Waals surface area contributed by atoms with Crippen LogP contribution in [0.3, 0.4) is 0 Å². The van der Waals surface area contributed by atoms with Crippen LogP contribution in [0.2, 0.25) is 0 Å². The summed E-state index contributed by atoms with van der Waals surface area (Å²) in [4.78, 5) is 37.1. The number of carbonyl (C=O) groups is 3. The average molecular weight is 721 g/mol. The molecule has 0 unspecified atom stereocenters. The van der Waals surface area contributed by atoms with Gasteiger partial charge in [0.25, 0.3) is 0 Å². The zero-order valence-electron chi connectivity index (χ0n) is 31.9. The summed E-state index contributed by atoms with van der Waals surface area (Å²) < 4.78 is 29.1. The van der Waals surface area contributed by atoms with Gasteiger partial charge in [0, 0.05) is 49.4 Å². The highest BCUT2D eigenvalue weighted by Crippen LogP contribution is 2.42. The fourth-order valence-electron chi connectivity index (χ4n) is 7.00. The van der Waals surface area contributed by atoms with E-state index in [1.807, 2.05) is 53.7 Å². The van der Waals surface area contributed by atoms with Crippen LogP contribution in [0.5, 0.6) is 0 Å². The highest BCUT2D eigenvalue weighted by Gasteiger charge is 2.53. The Balaban J connectivity index is 2.55. The Bertz CT molecular complexity index is 1350. The number of hydrogen-bond acceptors (Lipinski definition) is 11. The van der Waals surface area contributed by atoms with E-state index in [4.69, 9.17) is 28.8 Å². The van der Waals surface area contributed by atoms with Gasteiger partial charge in [0.1, 0.15) is 18.3 Å². The molecule has 51 heavy (non-hydrogen) atoms. The van der Waals surface area contributed by atoms with Gasteiger partial charge in [-0.2, -0.15) is 0 Å². The monoisotopic (exact) mass is 720 g/mol. The Morgan fingerprint density at radius 2 is 1.71 bits per heavy atom. The van der Waals surface area contributed by atoms with Crippen LogP contribution in [0.4, 0.5) is 0 Å². The molecule has 0 spiro atoms. The lowest BCUT2D eigenvalue weighted by molar-refractivity contribution is -0.329. The number of methoxy groups -OCH3 is 2. The normalized spacial score (nSPS) is 37.1. The summed E-state index contributed by atoms with van der Waals surface area (Å²) in [5, 5.41) is 43.8. The highest BCUT2D eigenvalue weighted by molar-refractivity contribution is 5.90. The lowest BCUT2D eigenvalue weighted by atomic mass is 9.76. The number of rotatable bonds is 10. The molecule has 0 aromatic heterocycles. The van der Waals surface area contributed by atoms with Crippen molar-refractivity contribution in [1.82, 2.24) is 0 Å². The maximum Gasteiger partial charge on any atom is 0.373 e. The van der Waals surface area contributed by atoms with Gasteiger partial charge in [-0.3, -0.25) is 0 Å². The van der Waals surface area contributed by atoms with Crippen LogP contribution >= 0.6 is 0 Å². The molecule has 4 N–H and O–H groups in total. The minimum atomic E-state index is -1.99. The van der Waals surface area contributed by atoms with Gasteiger partial charge < -0.3 is 44.1 Å². The van der Waals surface area contributed by atoms with Crippen LogP contribution in [0.1, 0.15) is 75.2 Å². The highest BCUT2D eigenvalue weighted by atomic mass is 16.6. The largest absolute Gasteiger partial charge is 0.490 e. The summed E-state index contributed by atoms with van der Waals surface area (Å²) in [6.45, 7) is 16.5. The first kappa shape index (κ1) is 43.9. The van der Waals surface area contributed by atoms with Gasteiger partial charge in [-0.25, -0.2) is 14.4 Å². The summed E-state index contributed by atoms with van der Waals surface area (Å²) in [6.07, 6.45) is 5.37. The molecule has 288 valence electrons. The molecule has 12 atom stereocenters. The van der Waals surface area contributed by atoms with E-state index in [0.717, 1.165) is 11.6 Å². The summed E-state index contributed by atoms with van der Waals surface area (Å²) >= 11 is 0. The number of hydrogen-bond donors (Lipinski definition) is 4. The first-order chi connectivity index (χ1) is 23.8. The Labute approximate surface area is 302 Å². The molecule has 0 saturated carbocycles. The number of carbonyl (C=O) groups excluding carboxylic acids is 2. The Hall–Kier alpha value is -3.29. The molecule has 2 aliphatic heterocycles. The second-order valence-electron chi connectivity index (χ2n) is 14.6. The number of aliphatic carboxylic acids is 1. The molecule has 0 radical (unpaired) electrons. The van der Waals surface area contributed by atoms with Gasteiger partial charge in [-0.15, -0.1) is 0 Å². The molecule has 1 saturated heterocycles. The summed E-state index contributed by atoms with van der Waals surface area (Å²) in [6, 6.07) is 0. The summed E-state index contributed by atoms with van der Waals surface area (Å²) in [5.74, 6) is -7.68. The number of cyclic esters (lactones) is 1. The molecular formula is C39H60O12. The van der Waals surface area contributed by atoms with Crippen molar-refractivity contribution in [3.63, 3.8) is 0 Å². The first-order valence-corrected chi connectivity index (χ1v) is 17.7. The van der Waals surface area contributed by atoms with Crippen molar-refractivity contribution in [3.8, 4) is 0 Å². The first-order valence-electron chi connectivity index (χ1n) is 17.7. The van der Waals surface area contributed by atoms with Crippen LogP contribution in [-0.2, 0) is 38.1 Å². The number of allylic oxidation sites excluding steroid dienone is 5. The fourth-order valence-corrected chi connectivity index (χ4v) is 7.00. The molecule has 0 aromatic carbocycles. The number of aliphatic hydroxyl groups excluding tert-OH is 2. The SMILES string of the molecule is CO/C1=C\C(C)=C\[C@@H](C)[C@@H](O)[C@@H](C)C/C(C)=C/C=C/[C@@H](OC)[C@H]([C@H](C)[C@H](O)[C@H](C)[C@@]2(O)C[C@H](OC(=O)/C=C/C(=O)O)[C@@H](C)[C@@H](C(C)C)O2)OC1=O. The van der Waals surface area contributed by atoms with Gasteiger partial charge in [-0.1, -0.05) is 83.9 Å². The minimum Gasteiger partial charge on any atom is -0.490 e. The van der Waals surface area contributed by atoms with Crippen LogP contribution < -0.4 is 0 Å². The molecule has 1 fully saturated rings. The third-order valence-electron chi connectivity index (χ3n) is 10.1. The maximum atomic E-state index is 13.6. The van der Waals surface area contributed by atoms with Gasteiger partial charge in [0.2, 0.25) is 5.76 Å². The number of carboxylic acids is 1. The molecule has 0 aliphatic carbocycles. The molecule has 0 amide bonds. The van der Waals surface area contributed by atoms with Gasteiger partial charge >= 0.3 is 17.9 Å². The van der Waals surface area contributed by atoms with Gasteiger partial charge in [-0.05, 0) is 38.2 Å². The van der Waals surface area contributed by atoms with E-state index in [1.54, 1.807) is 32.9 Å². The average Bonchev–Trinajstić information content (AvgIpc) is 3.06. The zero-order valence-corrected chi connectivity index (χ0v) is 31.9. The van der Waals surface area contributed by atoms with Crippen molar-refractivity contribution in [2.75, 3.05) is 14.2 Å². The van der Waals surface area contributed by atoms with E-state index in [2.05, 4.69) is 0 Å². The van der Waals surface area contributed by atoms with Crippen molar-refractivity contribution >= 4 is 17.9 Å². The smallest absolute Gasteiger partial charge is 0.373 e. The lowest BCUT2D eigenvalue weighted by Gasteiger charge is -2.50. The predicted molar refractivity (Wildman–Crippen MR) is 191 cm³/mol. The fraction of sp³-hybridized carbons (Fsp3) is 0.667. The molecule has 2 rings (SSSR count). The van der Waals surface area contributed by atoms with Crippen LogP contribution in [0.25, 0.3) is 0 Å². The lowest BCUT2D eigenvalue weighted by Crippen LogP contribution is -2.59. The Kier molecular flexibility index (Phi) is 16.8. The van der Waals surface area contributed by atoms with Gasteiger partial charge in [0.05, 0.1) is 25.4 Å². The second kappa shape index (κ2) is 19.5. The quantitative estimate of drug-likeness (QED) is 0.178. The Morgan fingerprint density at radius 3 is 2.27 bits per heavy atom. The number of carboxylic acid groups (broad SMARTS) is 1. The third kappa shape index (κ3) is 12.1. The predicted octanol–water partition coefficient (Wildman–Crippen LogP) is 4.88. The molecule has 2 aliphatic rings. The van der Waals surface area contributed by atoms with E-state index in [0.29, 0.717) is 18.1 Å². The van der Waals surface area contributed by atoms with Crippen LogP contribution in [0.15, 0.2) is 59.4 Å². The molecular weight excluding hydrogens is 660 g/mol. The molecule has 0 bridgehead atoms. The molecule has 12 heteroatoms. The van der Waals surface area contributed by atoms with E-state index < -0.39 is 72.2 Å². The van der Waals surface area contributed by atoms with Crippen molar-refractivity contribution < 1.29 is 58.5 Å². The van der Waals surface area contributed by atoms with Crippen molar-refractivity contribution in [2.24, 2.45) is 35.5 Å². The van der Waals surface area contributed by atoms with E-state index in [-0.39, 0.29) is 35.9 Å². The van der Waals surface area contributed by atoms with Crippen LogP contribution in [0, 0.1) is 35.5 Å². The van der Waals surface area contributed by atoms with E-state index >= 15 is 0 Å². The minimum absolute atomic E-state index is 0.0458. The van der Waals surface area contributed by atoms with E-state index in [9.17, 15) is 29.7 Å². The van der Waals surface area contributed by atoms with Gasteiger partial charge in [0.15, 0.2) is 5.79 Å². The maximum absolute atomic E-state index is 13.6. The topological polar surface area (TPSA) is 178 Å². The molecule has 0 aromatic rings. The van der Waals surface area contributed by atoms with Crippen LogP contribution in [-0.4, -0.2) is 95.0 Å². The molecule has 12 nitrogen and oxygen atoms in total. The zero-order chi connectivity index (χ0) is 38.8. The Morgan fingerprint density at radius 1 is 1.06 bits per heavy atom. The standard InChI is InChI=1S/C39H60O12/c1-21(2)36-26(7)31(49-33(42)16-15-32(40)41)20-39(46,51-36)28(9)35(44)27(8)37-29(47-10)14-12-13-22(3)17-24(5)34(43)25(6)18-23(4)19-30(48-11)38(45)50-37/h12-16,18-19,21,24-29,31,34-37,43-44,46H,17,20H2,1-11H3,(H,40,41)/b14-12+,16-15+,22-13+,23-18+,30-19-/t24-,25+,26+,27+,28-,29+,31-,34-,35-,36+,37-,39+/m0/s1. The number of ether oxygens (including phenoxy) is 5. The van der Waals surface area contributed by atoms with E-state index in [1.165, 1.54) is 20.3 Å².